The highest BCUT2D eigenvalue weighted by Crippen LogP contribution is 2.25. The summed E-state index contributed by atoms with van der Waals surface area (Å²) in [6, 6.07) is 7.00. The number of pyridine rings is 1. The normalized spacial score (nSPS) is 12.6. The van der Waals surface area contributed by atoms with Gasteiger partial charge in [0.1, 0.15) is 5.82 Å². The number of nitrogens with zero attached hydrogens (tertiary/aromatic N) is 1. The summed E-state index contributed by atoms with van der Waals surface area (Å²) in [6.07, 6.45) is 3.00. The van der Waals surface area contributed by atoms with E-state index in [9.17, 15) is 17.6 Å². The van der Waals surface area contributed by atoms with E-state index in [1.165, 1.54) is 31.3 Å². The van der Waals surface area contributed by atoms with Gasteiger partial charge in [-0.05, 0) is 55.0 Å². The van der Waals surface area contributed by atoms with Crippen molar-refractivity contribution in [1.82, 2.24) is 4.98 Å². The molecular formula is C24H32Cl2FN3O3S. The van der Waals surface area contributed by atoms with Gasteiger partial charge in [-0.15, -0.1) is 24.8 Å². The van der Waals surface area contributed by atoms with Gasteiger partial charge in [0, 0.05) is 23.4 Å². The zero-order chi connectivity index (χ0) is 24.1. The van der Waals surface area contributed by atoms with Crippen LogP contribution in [0.3, 0.4) is 0 Å². The third-order valence-corrected chi connectivity index (χ3v) is 7.44. The maximum absolute atomic E-state index is 14.8. The lowest BCUT2D eigenvalue weighted by Crippen LogP contribution is -2.27. The van der Waals surface area contributed by atoms with Crippen LogP contribution in [-0.4, -0.2) is 36.4 Å². The van der Waals surface area contributed by atoms with Crippen LogP contribution >= 0.6 is 24.8 Å². The predicted octanol–water partition coefficient (Wildman–Crippen LogP) is 6.21. The van der Waals surface area contributed by atoms with Gasteiger partial charge in [0.2, 0.25) is 5.78 Å². The molecule has 0 bridgehead atoms. The van der Waals surface area contributed by atoms with Crippen LogP contribution in [-0.2, 0) is 9.84 Å². The zero-order valence-electron chi connectivity index (χ0n) is 19.7. The molecule has 0 aliphatic carbocycles. The first-order valence-electron chi connectivity index (χ1n) is 10.7. The molecule has 2 atom stereocenters. The number of Topliss-reactive ketones (excluding diaryl/α,β-unsaturated/α-hetero) is 1. The van der Waals surface area contributed by atoms with Gasteiger partial charge in [-0.3, -0.25) is 4.79 Å². The molecule has 2 aromatic rings. The molecule has 0 saturated heterocycles. The lowest BCUT2D eigenvalue weighted by atomic mass is 9.85. The van der Waals surface area contributed by atoms with E-state index in [1.54, 1.807) is 12.1 Å². The minimum atomic E-state index is -3.43. The van der Waals surface area contributed by atoms with Crippen molar-refractivity contribution >= 4 is 51.9 Å². The van der Waals surface area contributed by atoms with E-state index in [0.717, 1.165) is 6.42 Å². The summed E-state index contributed by atoms with van der Waals surface area (Å²) < 4.78 is 38.6. The van der Waals surface area contributed by atoms with Crippen LogP contribution < -0.4 is 0 Å². The fourth-order valence-electron chi connectivity index (χ4n) is 3.26. The third-order valence-electron chi connectivity index (χ3n) is 5.80. The highest BCUT2D eigenvalue weighted by Gasteiger charge is 2.25. The quantitative estimate of drug-likeness (QED) is 0.265. The van der Waals surface area contributed by atoms with Gasteiger partial charge >= 0.3 is 0 Å². The molecule has 0 radical (unpaired) electrons. The number of benzene rings is 1. The van der Waals surface area contributed by atoms with Gasteiger partial charge in [0.25, 0.3) is 0 Å². The van der Waals surface area contributed by atoms with Crippen LogP contribution in [0.5, 0.6) is 0 Å². The first kappa shape index (κ1) is 31.8. The maximum Gasteiger partial charge on any atom is 0.209 e. The van der Waals surface area contributed by atoms with E-state index < -0.39 is 27.4 Å². The second-order valence-electron chi connectivity index (χ2n) is 7.87. The van der Waals surface area contributed by atoms with Crippen molar-refractivity contribution in [2.24, 2.45) is 11.8 Å². The minimum Gasteiger partial charge on any atom is -0.309 e. The van der Waals surface area contributed by atoms with Crippen LogP contribution in [0, 0.1) is 28.5 Å². The first-order chi connectivity index (χ1) is 15.0. The molecule has 0 unspecified atom stereocenters. The number of aromatic nitrogens is 1. The SMILES string of the molecule is CC[C@@H](CC(=N)[C@H](C)CC)C(=N)C(=O)c1ccc(-c2ccc(S(=O)(=O)CC)nc2)cc1F.Cl.Cl. The molecule has 0 aliphatic heterocycles. The molecule has 0 aliphatic rings. The molecule has 1 aromatic carbocycles. The number of carbonyl (C=O) groups is 1. The Morgan fingerprint density at radius 1 is 1.03 bits per heavy atom. The Bertz CT molecular complexity index is 1120. The van der Waals surface area contributed by atoms with Gasteiger partial charge in [0.05, 0.1) is 17.0 Å². The number of nitrogens with one attached hydrogen (secondary N) is 2. The zero-order valence-corrected chi connectivity index (χ0v) is 22.2. The van der Waals surface area contributed by atoms with E-state index in [2.05, 4.69) is 4.98 Å². The largest absolute Gasteiger partial charge is 0.309 e. The number of hydrogen-bond acceptors (Lipinski definition) is 6. The van der Waals surface area contributed by atoms with E-state index in [4.69, 9.17) is 10.8 Å². The van der Waals surface area contributed by atoms with Crippen molar-refractivity contribution in [1.29, 1.82) is 10.8 Å². The monoisotopic (exact) mass is 531 g/mol. The summed E-state index contributed by atoms with van der Waals surface area (Å²) in [5.74, 6) is -1.85. The first-order valence-corrected chi connectivity index (χ1v) is 12.4. The molecule has 1 heterocycles. The number of halogens is 3. The van der Waals surface area contributed by atoms with Crippen molar-refractivity contribution in [3.63, 3.8) is 0 Å². The molecule has 1 aromatic heterocycles. The number of sulfone groups is 1. The molecule has 0 spiro atoms. The van der Waals surface area contributed by atoms with Crippen molar-refractivity contribution in [2.45, 2.75) is 52.0 Å². The summed E-state index contributed by atoms with van der Waals surface area (Å²) in [5, 5.41) is 16.4. The fourth-order valence-corrected chi connectivity index (χ4v) is 4.04. The second-order valence-corrected chi connectivity index (χ2v) is 10.1. The number of hydrogen-bond donors (Lipinski definition) is 2. The Hall–Kier alpha value is -2.16. The van der Waals surface area contributed by atoms with Gasteiger partial charge in [-0.2, -0.15) is 0 Å². The van der Waals surface area contributed by atoms with Crippen molar-refractivity contribution < 1.29 is 17.6 Å². The Morgan fingerprint density at radius 3 is 2.12 bits per heavy atom. The van der Waals surface area contributed by atoms with Gasteiger partial charge in [0.15, 0.2) is 14.9 Å². The van der Waals surface area contributed by atoms with Gasteiger partial charge in [-0.25, -0.2) is 17.8 Å². The predicted molar refractivity (Wildman–Crippen MR) is 139 cm³/mol. The van der Waals surface area contributed by atoms with E-state index in [-0.39, 0.29) is 52.8 Å². The standard InChI is InChI=1S/C24H30FN3O3S.2ClH/c1-5-15(4)21(26)13-16(6-2)23(27)24(29)19-10-8-17(12-20(19)25)18-9-11-22(28-14-18)32(30,31)7-3;;/h8-12,14-16,26-27H,5-7,13H2,1-4H3;2*1H/t15-,16+;;/m1../s1. The maximum atomic E-state index is 14.8. The van der Waals surface area contributed by atoms with Crippen molar-refractivity contribution in [3.8, 4) is 11.1 Å². The summed E-state index contributed by atoms with van der Waals surface area (Å²) in [6.45, 7) is 7.31. The van der Waals surface area contributed by atoms with Crippen molar-refractivity contribution in [3.05, 3.63) is 47.9 Å². The van der Waals surface area contributed by atoms with E-state index in [1.807, 2.05) is 20.8 Å². The highest BCUT2D eigenvalue weighted by molar-refractivity contribution is 7.91. The number of rotatable bonds is 11. The number of carbonyl (C=O) groups excluding carboxylic acids is 1. The third kappa shape index (κ3) is 7.42. The summed E-state index contributed by atoms with van der Waals surface area (Å²) in [4.78, 5) is 16.8. The van der Waals surface area contributed by atoms with Crippen LogP contribution in [0.1, 0.15) is 57.3 Å². The molecule has 6 nitrogen and oxygen atoms in total. The molecule has 34 heavy (non-hydrogen) atoms. The van der Waals surface area contributed by atoms with Crippen molar-refractivity contribution in [2.75, 3.05) is 5.75 Å². The topological polar surface area (TPSA) is 112 Å². The summed E-state index contributed by atoms with van der Waals surface area (Å²) >= 11 is 0. The average molecular weight is 533 g/mol. The lowest BCUT2D eigenvalue weighted by Gasteiger charge is -2.19. The average Bonchev–Trinajstić information content (AvgIpc) is 2.80. The smallest absolute Gasteiger partial charge is 0.209 e. The molecule has 0 fully saturated rings. The molecule has 0 amide bonds. The molecule has 2 rings (SSSR count). The van der Waals surface area contributed by atoms with Gasteiger partial charge in [-0.1, -0.05) is 33.8 Å². The van der Waals surface area contributed by atoms with E-state index >= 15 is 0 Å². The number of ketones is 1. The summed E-state index contributed by atoms with van der Waals surface area (Å²) in [7, 11) is -3.43. The second kappa shape index (κ2) is 13.7. The van der Waals surface area contributed by atoms with Crippen LogP contribution in [0.15, 0.2) is 41.6 Å². The molecule has 0 saturated carbocycles. The van der Waals surface area contributed by atoms with E-state index in [0.29, 0.717) is 29.7 Å². The molecule has 10 heteroatoms. The van der Waals surface area contributed by atoms with Crippen LogP contribution in [0.2, 0.25) is 0 Å². The fraction of sp³-hybridized carbons (Fsp3) is 0.417. The Balaban J connectivity index is 0.00000544. The Morgan fingerprint density at radius 2 is 1.65 bits per heavy atom. The minimum absolute atomic E-state index is 0. The lowest BCUT2D eigenvalue weighted by molar-refractivity contribution is 0.105. The molecular weight excluding hydrogens is 500 g/mol. The highest BCUT2D eigenvalue weighted by atomic mass is 35.5. The van der Waals surface area contributed by atoms with Gasteiger partial charge < -0.3 is 10.8 Å². The molecule has 2 N–H and O–H groups in total. The Kier molecular flexibility index (Phi) is 12.8. The molecule has 188 valence electrons. The summed E-state index contributed by atoms with van der Waals surface area (Å²) in [5.41, 5.74) is 1.08. The van der Waals surface area contributed by atoms with Crippen LogP contribution in [0.4, 0.5) is 4.39 Å². The van der Waals surface area contributed by atoms with Crippen LogP contribution in [0.25, 0.3) is 11.1 Å². The Labute approximate surface area is 213 Å².